The van der Waals surface area contributed by atoms with Crippen molar-refractivity contribution in [3.8, 4) is 0 Å². The standard InChI is InChI=1S/C10H14N2O2/c1-4-10(5-2,14-3)7-6-9(13)8-12-11/h4-5,8H,1-2,6-7H2,3H3. The SMILES string of the molecule is C=CC(C=C)(CCC(=O)C=[N+]=[N-])OC. The third kappa shape index (κ3) is 3.47. The van der Waals surface area contributed by atoms with Crippen LogP contribution in [-0.4, -0.2) is 29.5 Å². The van der Waals surface area contributed by atoms with E-state index in [9.17, 15) is 4.79 Å². The van der Waals surface area contributed by atoms with Gasteiger partial charge in [0.1, 0.15) is 5.60 Å². The third-order valence-corrected chi connectivity index (χ3v) is 2.03. The molecule has 0 radical (unpaired) electrons. The smallest absolute Gasteiger partial charge is 0.323 e. The summed E-state index contributed by atoms with van der Waals surface area (Å²) in [7, 11) is 1.52. The molecule has 0 atom stereocenters. The van der Waals surface area contributed by atoms with Crippen molar-refractivity contribution in [1.29, 1.82) is 0 Å². The molecule has 0 amide bonds. The minimum atomic E-state index is -0.682. The van der Waals surface area contributed by atoms with Crippen molar-refractivity contribution in [3.05, 3.63) is 30.8 Å². The number of Topliss-reactive ketones (excluding diaryl/α,β-unsaturated/α-hetero) is 1. The molecule has 0 aliphatic rings. The summed E-state index contributed by atoms with van der Waals surface area (Å²) in [5.41, 5.74) is 7.43. The van der Waals surface area contributed by atoms with E-state index >= 15 is 0 Å². The minimum absolute atomic E-state index is 0.218. The fraction of sp³-hybridized carbons (Fsp3) is 0.400. The van der Waals surface area contributed by atoms with Gasteiger partial charge in [-0.1, -0.05) is 25.3 Å². The Morgan fingerprint density at radius 3 is 2.50 bits per heavy atom. The maximum Gasteiger partial charge on any atom is 0.323 e. The van der Waals surface area contributed by atoms with Crippen LogP contribution in [0.4, 0.5) is 0 Å². The highest BCUT2D eigenvalue weighted by Crippen LogP contribution is 2.19. The van der Waals surface area contributed by atoms with Crippen LogP contribution in [0.15, 0.2) is 25.3 Å². The van der Waals surface area contributed by atoms with Crippen molar-refractivity contribution in [2.24, 2.45) is 0 Å². The summed E-state index contributed by atoms with van der Waals surface area (Å²) >= 11 is 0. The van der Waals surface area contributed by atoms with E-state index in [0.717, 1.165) is 6.21 Å². The second-order valence-electron chi connectivity index (χ2n) is 2.78. The lowest BCUT2D eigenvalue weighted by atomic mass is 9.96. The highest BCUT2D eigenvalue weighted by molar-refractivity contribution is 6.25. The summed E-state index contributed by atoms with van der Waals surface area (Å²) in [5.74, 6) is -0.266. The largest absolute Gasteiger partial charge is 0.370 e. The zero-order valence-electron chi connectivity index (χ0n) is 8.27. The van der Waals surface area contributed by atoms with Crippen LogP contribution in [0.3, 0.4) is 0 Å². The van der Waals surface area contributed by atoms with Gasteiger partial charge in [0, 0.05) is 13.5 Å². The monoisotopic (exact) mass is 194 g/mol. The van der Waals surface area contributed by atoms with E-state index in [0.29, 0.717) is 6.42 Å². The molecule has 0 heterocycles. The van der Waals surface area contributed by atoms with Gasteiger partial charge in [-0.05, 0) is 6.42 Å². The van der Waals surface area contributed by atoms with Crippen molar-refractivity contribution in [1.82, 2.24) is 0 Å². The molecule has 0 saturated carbocycles. The Balaban J connectivity index is 4.33. The van der Waals surface area contributed by atoms with Gasteiger partial charge in [0.25, 0.3) is 0 Å². The van der Waals surface area contributed by atoms with Crippen LogP contribution < -0.4 is 0 Å². The highest BCUT2D eigenvalue weighted by Gasteiger charge is 2.22. The summed E-state index contributed by atoms with van der Waals surface area (Å²) < 4.78 is 5.17. The number of rotatable bonds is 7. The quantitative estimate of drug-likeness (QED) is 0.266. The van der Waals surface area contributed by atoms with Crippen molar-refractivity contribution in [3.63, 3.8) is 0 Å². The van der Waals surface area contributed by atoms with Crippen LogP contribution >= 0.6 is 0 Å². The average Bonchev–Trinajstić information content (AvgIpc) is 2.21. The molecule has 0 spiro atoms. The number of ether oxygens (including phenoxy) is 1. The Morgan fingerprint density at radius 2 is 2.14 bits per heavy atom. The molecule has 0 fully saturated rings. The van der Waals surface area contributed by atoms with Gasteiger partial charge in [-0.2, -0.15) is 4.79 Å². The van der Waals surface area contributed by atoms with Crippen LogP contribution in [0.2, 0.25) is 0 Å². The van der Waals surface area contributed by atoms with Crippen LogP contribution in [-0.2, 0) is 9.53 Å². The summed E-state index contributed by atoms with van der Waals surface area (Å²) in [6.07, 6.45) is 4.69. The van der Waals surface area contributed by atoms with Gasteiger partial charge in [0.2, 0.25) is 5.78 Å². The molecular weight excluding hydrogens is 180 g/mol. The number of hydrogen-bond acceptors (Lipinski definition) is 2. The zero-order chi connectivity index (χ0) is 11.0. The van der Waals surface area contributed by atoms with Crippen molar-refractivity contribution < 1.29 is 14.3 Å². The van der Waals surface area contributed by atoms with E-state index in [2.05, 4.69) is 17.9 Å². The second kappa shape index (κ2) is 6.02. The molecular formula is C10H14N2O2. The molecule has 76 valence electrons. The molecule has 0 aliphatic carbocycles. The Morgan fingerprint density at radius 1 is 1.57 bits per heavy atom. The molecule has 0 aromatic carbocycles. The molecule has 0 saturated heterocycles. The van der Waals surface area contributed by atoms with Gasteiger partial charge in [0.15, 0.2) is 0 Å². The van der Waals surface area contributed by atoms with Gasteiger partial charge in [-0.15, -0.1) is 0 Å². The molecule has 0 aromatic rings. The molecule has 0 aromatic heterocycles. The van der Waals surface area contributed by atoms with Crippen molar-refractivity contribution in [2.45, 2.75) is 18.4 Å². The zero-order valence-corrected chi connectivity index (χ0v) is 8.27. The second-order valence-corrected chi connectivity index (χ2v) is 2.78. The number of methoxy groups -OCH3 is 1. The Kier molecular flexibility index (Phi) is 5.37. The molecule has 4 heteroatoms. The summed E-state index contributed by atoms with van der Waals surface area (Å²) in [6.45, 7) is 7.22. The topological polar surface area (TPSA) is 62.7 Å². The summed E-state index contributed by atoms with van der Waals surface area (Å²) in [5, 5.41) is 0. The predicted molar refractivity (Wildman–Crippen MR) is 54.1 cm³/mol. The molecule has 0 unspecified atom stereocenters. The normalized spacial score (nSPS) is 10.1. The maximum absolute atomic E-state index is 11.0. The number of carbonyl (C=O) groups excluding carboxylic acids is 1. The van der Waals surface area contributed by atoms with Crippen LogP contribution in [0.25, 0.3) is 5.53 Å². The fourth-order valence-corrected chi connectivity index (χ4v) is 1.00. The number of hydrogen-bond donors (Lipinski definition) is 0. The van der Waals surface area contributed by atoms with E-state index in [1.165, 1.54) is 7.11 Å². The van der Waals surface area contributed by atoms with Gasteiger partial charge >= 0.3 is 6.21 Å². The molecule has 0 aliphatic heterocycles. The first-order chi connectivity index (χ1) is 6.64. The average molecular weight is 194 g/mol. The lowest BCUT2D eigenvalue weighted by molar-refractivity contribution is -0.116. The number of ketones is 1. The van der Waals surface area contributed by atoms with E-state index < -0.39 is 5.60 Å². The Hall–Kier alpha value is -1.51. The van der Waals surface area contributed by atoms with Gasteiger partial charge < -0.3 is 10.3 Å². The molecule has 0 rings (SSSR count). The molecule has 4 nitrogen and oxygen atoms in total. The van der Waals surface area contributed by atoms with Gasteiger partial charge in [0.05, 0.1) is 0 Å². The molecule has 14 heavy (non-hydrogen) atoms. The Labute approximate surface area is 83.5 Å². The van der Waals surface area contributed by atoms with Crippen molar-refractivity contribution >= 4 is 12.0 Å². The van der Waals surface area contributed by atoms with E-state index in [1.807, 2.05) is 0 Å². The van der Waals surface area contributed by atoms with E-state index in [4.69, 9.17) is 10.3 Å². The molecule has 0 N–H and O–H groups in total. The van der Waals surface area contributed by atoms with Crippen LogP contribution in [0, 0.1) is 0 Å². The van der Waals surface area contributed by atoms with E-state index in [-0.39, 0.29) is 12.2 Å². The maximum atomic E-state index is 11.0. The third-order valence-electron chi connectivity index (χ3n) is 2.03. The summed E-state index contributed by atoms with van der Waals surface area (Å²) in [6, 6.07) is 0. The number of carbonyl (C=O) groups is 1. The minimum Gasteiger partial charge on any atom is -0.370 e. The first-order valence-electron chi connectivity index (χ1n) is 4.16. The van der Waals surface area contributed by atoms with Gasteiger partial charge in [-0.25, -0.2) is 0 Å². The lowest BCUT2D eigenvalue weighted by Crippen LogP contribution is -2.26. The van der Waals surface area contributed by atoms with Crippen LogP contribution in [0.5, 0.6) is 0 Å². The molecule has 0 bridgehead atoms. The first kappa shape index (κ1) is 12.5. The van der Waals surface area contributed by atoms with Crippen LogP contribution in [0.1, 0.15) is 12.8 Å². The van der Waals surface area contributed by atoms with Gasteiger partial charge in [-0.3, -0.25) is 4.79 Å². The first-order valence-corrected chi connectivity index (χ1v) is 4.16. The lowest BCUT2D eigenvalue weighted by Gasteiger charge is -2.23. The van der Waals surface area contributed by atoms with Crippen molar-refractivity contribution in [2.75, 3.05) is 7.11 Å². The number of nitrogens with zero attached hydrogens (tertiary/aromatic N) is 2. The highest BCUT2D eigenvalue weighted by atomic mass is 16.5. The summed E-state index contributed by atoms with van der Waals surface area (Å²) in [4.78, 5) is 13.7. The Bertz CT molecular complexity index is 270. The predicted octanol–water partition coefficient (Wildman–Crippen LogP) is 1.39. The van der Waals surface area contributed by atoms with E-state index in [1.54, 1.807) is 12.2 Å². The fourth-order valence-electron chi connectivity index (χ4n) is 1.00.